The minimum absolute atomic E-state index is 0.0735. The van der Waals surface area contributed by atoms with Crippen LogP contribution in [0.5, 0.6) is 0 Å². The molecule has 2 aromatic rings. The van der Waals surface area contributed by atoms with Crippen LogP contribution in [0.15, 0.2) is 42.5 Å². The molecule has 1 N–H and O–H groups in total. The summed E-state index contributed by atoms with van der Waals surface area (Å²) in [6.07, 6.45) is -0.0810. The Morgan fingerprint density at radius 3 is 2.35 bits per heavy atom. The maximum Gasteiger partial charge on any atom is 0.311 e. The number of carboxylic acids is 1. The van der Waals surface area contributed by atoms with Crippen molar-refractivity contribution in [2.24, 2.45) is 0 Å². The molecule has 2 rings (SSSR count). The zero-order valence-electron chi connectivity index (χ0n) is 10.9. The fraction of sp³-hybridized carbons (Fsp3) is 0.188. The van der Waals surface area contributed by atoms with Crippen LogP contribution < -0.4 is 0 Å². The van der Waals surface area contributed by atoms with Crippen molar-refractivity contribution in [2.45, 2.75) is 19.3 Å². The van der Waals surface area contributed by atoms with Crippen molar-refractivity contribution in [3.63, 3.8) is 0 Å². The lowest BCUT2D eigenvalue weighted by Crippen LogP contribution is -2.15. The second-order valence-electron chi connectivity index (χ2n) is 4.68. The second kappa shape index (κ2) is 5.82. The number of aryl methyl sites for hydroxylation is 1. The molecule has 0 saturated carbocycles. The van der Waals surface area contributed by atoms with Crippen molar-refractivity contribution in [2.75, 3.05) is 0 Å². The third-order valence-corrected chi connectivity index (χ3v) is 3.28. The summed E-state index contributed by atoms with van der Waals surface area (Å²) in [7, 11) is 0. The minimum Gasteiger partial charge on any atom is -0.481 e. The van der Waals surface area contributed by atoms with Gasteiger partial charge in [-0.2, -0.15) is 0 Å². The maximum atomic E-state index is 13.8. The molecule has 104 valence electrons. The second-order valence-corrected chi connectivity index (χ2v) is 4.68. The first-order valence-electron chi connectivity index (χ1n) is 6.22. The van der Waals surface area contributed by atoms with E-state index >= 15 is 0 Å². The van der Waals surface area contributed by atoms with E-state index in [0.717, 1.165) is 0 Å². The van der Waals surface area contributed by atoms with E-state index in [2.05, 4.69) is 0 Å². The van der Waals surface area contributed by atoms with Crippen molar-refractivity contribution in [3.05, 3.63) is 70.8 Å². The number of rotatable bonds is 4. The van der Waals surface area contributed by atoms with Crippen LogP contribution in [-0.2, 0) is 11.2 Å². The highest BCUT2D eigenvalue weighted by molar-refractivity contribution is 5.76. The Morgan fingerprint density at radius 1 is 1.10 bits per heavy atom. The molecule has 0 aromatic heterocycles. The topological polar surface area (TPSA) is 37.3 Å². The monoisotopic (exact) mass is 276 g/mol. The van der Waals surface area contributed by atoms with Gasteiger partial charge in [0.25, 0.3) is 0 Å². The van der Waals surface area contributed by atoms with E-state index in [1.165, 1.54) is 19.1 Å². The molecule has 0 aliphatic heterocycles. The minimum atomic E-state index is -1.06. The van der Waals surface area contributed by atoms with Gasteiger partial charge in [0.2, 0.25) is 0 Å². The first kappa shape index (κ1) is 14.2. The van der Waals surface area contributed by atoms with Gasteiger partial charge in [-0.3, -0.25) is 4.79 Å². The van der Waals surface area contributed by atoms with Crippen molar-refractivity contribution in [3.8, 4) is 0 Å². The van der Waals surface area contributed by atoms with Crippen LogP contribution in [-0.4, -0.2) is 11.1 Å². The Kier molecular flexibility index (Phi) is 4.13. The third kappa shape index (κ3) is 2.85. The summed E-state index contributed by atoms with van der Waals surface area (Å²) >= 11 is 0. The predicted molar refractivity (Wildman–Crippen MR) is 71.6 cm³/mol. The largest absolute Gasteiger partial charge is 0.481 e. The quantitative estimate of drug-likeness (QED) is 0.924. The Morgan fingerprint density at radius 2 is 1.75 bits per heavy atom. The molecule has 4 heteroatoms. The summed E-state index contributed by atoms with van der Waals surface area (Å²) in [5, 5.41) is 9.29. The summed E-state index contributed by atoms with van der Waals surface area (Å²) in [5.41, 5.74) is 0.850. The lowest BCUT2D eigenvalue weighted by molar-refractivity contribution is -0.138. The molecule has 0 spiro atoms. The highest BCUT2D eigenvalue weighted by Gasteiger charge is 2.23. The van der Waals surface area contributed by atoms with E-state index in [4.69, 9.17) is 0 Å². The van der Waals surface area contributed by atoms with Gasteiger partial charge in [0, 0.05) is 0 Å². The average Bonchev–Trinajstić information content (AvgIpc) is 2.45. The van der Waals surface area contributed by atoms with Crippen LogP contribution in [0.25, 0.3) is 0 Å². The Bertz CT molecular complexity index is 624. The van der Waals surface area contributed by atoms with Crippen molar-refractivity contribution < 1.29 is 18.7 Å². The van der Waals surface area contributed by atoms with Crippen molar-refractivity contribution >= 4 is 5.97 Å². The zero-order valence-corrected chi connectivity index (χ0v) is 10.9. The summed E-state index contributed by atoms with van der Waals surface area (Å²) in [6.45, 7) is 1.47. The van der Waals surface area contributed by atoms with Crippen LogP contribution in [0, 0.1) is 18.6 Å². The zero-order chi connectivity index (χ0) is 14.7. The smallest absolute Gasteiger partial charge is 0.311 e. The molecule has 0 heterocycles. The first-order valence-corrected chi connectivity index (χ1v) is 6.22. The van der Waals surface area contributed by atoms with E-state index in [9.17, 15) is 18.7 Å². The number of aliphatic carboxylic acids is 1. The highest BCUT2D eigenvalue weighted by Crippen LogP contribution is 2.24. The molecule has 2 nitrogen and oxygen atoms in total. The number of hydrogen-bond acceptors (Lipinski definition) is 1. The van der Waals surface area contributed by atoms with Crippen LogP contribution in [0.4, 0.5) is 8.78 Å². The van der Waals surface area contributed by atoms with Gasteiger partial charge in [0.1, 0.15) is 0 Å². The Balaban J connectivity index is 2.35. The Hall–Kier alpha value is -2.23. The van der Waals surface area contributed by atoms with E-state index in [1.54, 1.807) is 30.3 Å². The standard InChI is InChI=1S/C16H14F2O2/c1-10-7-8-12(15(18)14(10)17)9-13(16(19)20)11-5-3-2-4-6-11/h2-8,13H,9H2,1H3,(H,19,20). The molecule has 1 atom stereocenters. The van der Waals surface area contributed by atoms with Crippen LogP contribution in [0.1, 0.15) is 22.6 Å². The fourth-order valence-electron chi connectivity index (χ4n) is 2.10. The van der Waals surface area contributed by atoms with Crippen LogP contribution in [0.3, 0.4) is 0 Å². The molecule has 0 saturated heterocycles. The van der Waals surface area contributed by atoms with Gasteiger partial charge in [0.15, 0.2) is 11.6 Å². The predicted octanol–water partition coefficient (Wildman–Crippen LogP) is 3.68. The van der Waals surface area contributed by atoms with E-state index in [0.29, 0.717) is 5.56 Å². The number of carboxylic acid groups (broad SMARTS) is 1. The first-order chi connectivity index (χ1) is 9.50. The summed E-state index contributed by atoms with van der Waals surface area (Å²) in [6, 6.07) is 11.4. The summed E-state index contributed by atoms with van der Waals surface area (Å²) < 4.78 is 27.4. The SMILES string of the molecule is Cc1ccc(CC(C(=O)O)c2ccccc2)c(F)c1F. The number of carbonyl (C=O) groups is 1. The van der Waals surface area contributed by atoms with Gasteiger partial charge in [0.05, 0.1) is 5.92 Å². The van der Waals surface area contributed by atoms with E-state index < -0.39 is 23.5 Å². The van der Waals surface area contributed by atoms with E-state index in [1.807, 2.05) is 0 Å². The molecule has 0 bridgehead atoms. The molecule has 20 heavy (non-hydrogen) atoms. The fourth-order valence-corrected chi connectivity index (χ4v) is 2.10. The molecule has 0 fully saturated rings. The number of hydrogen-bond donors (Lipinski definition) is 1. The van der Waals surface area contributed by atoms with Gasteiger partial charge < -0.3 is 5.11 Å². The van der Waals surface area contributed by atoms with Gasteiger partial charge in [-0.15, -0.1) is 0 Å². The lowest BCUT2D eigenvalue weighted by Gasteiger charge is -2.14. The lowest BCUT2D eigenvalue weighted by atomic mass is 9.91. The molecule has 1 unspecified atom stereocenters. The van der Waals surface area contributed by atoms with Crippen LogP contribution in [0.2, 0.25) is 0 Å². The molecular formula is C16H14F2O2. The Labute approximate surface area is 115 Å². The molecule has 0 radical (unpaired) electrons. The maximum absolute atomic E-state index is 13.8. The average molecular weight is 276 g/mol. The van der Waals surface area contributed by atoms with Gasteiger partial charge >= 0.3 is 5.97 Å². The van der Waals surface area contributed by atoms with Gasteiger partial charge in [-0.05, 0) is 30.0 Å². The summed E-state index contributed by atoms with van der Waals surface area (Å²) in [5.74, 6) is -3.84. The van der Waals surface area contributed by atoms with Gasteiger partial charge in [-0.1, -0.05) is 42.5 Å². The third-order valence-electron chi connectivity index (χ3n) is 3.28. The van der Waals surface area contributed by atoms with Crippen molar-refractivity contribution in [1.29, 1.82) is 0 Å². The normalized spacial score (nSPS) is 12.2. The van der Waals surface area contributed by atoms with Crippen molar-refractivity contribution in [1.82, 2.24) is 0 Å². The van der Waals surface area contributed by atoms with E-state index in [-0.39, 0.29) is 17.5 Å². The molecule has 2 aromatic carbocycles. The molecule has 0 amide bonds. The number of benzene rings is 2. The number of halogens is 2. The highest BCUT2D eigenvalue weighted by atomic mass is 19.2. The molecular weight excluding hydrogens is 262 g/mol. The molecule has 0 aliphatic carbocycles. The van der Waals surface area contributed by atoms with Crippen LogP contribution >= 0.6 is 0 Å². The van der Waals surface area contributed by atoms with Gasteiger partial charge in [-0.25, -0.2) is 8.78 Å². The summed E-state index contributed by atoms with van der Waals surface area (Å²) in [4.78, 5) is 11.4. The molecule has 0 aliphatic rings.